The quantitative estimate of drug-likeness (QED) is 0.499. The number of benzene rings is 1. The van der Waals surface area contributed by atoms with Crippen molar-refractivity contribution in [3.05, 3.63) is 54.5 Å². The minimum Gasteiger partial charge on any atom is -0.368 e. The van der Waals surface area contributed by atoms with Gasteiger partial charge in [0.2, 0.25) is 0 Å². The van der Waals surface area contributed by atoms with E-state index in [1.165, 1.54) is 23.0 Å². The SMILES string of the molecule is C=Cn1nc(Nc2cc(F)c3nc(C)cn3c2)c2c(F)cc(N3C[C@H](C)N[C@@H](C)C3)cc21. The zero-order valence-electron chi connectivity index (χ0n) is 18.2. The van der Waals surface area contributed by atoms with Crippen molar-refractivity contribution in [3.63, 3.8) is 0 Å². The van der Waals surface area contributed by atoms with E-state index in [9.17, 15) is 4.39 Å². The van der Waals surface area contributed by atoms with Gasteiger partial charge in [0, 0.05) is 55.5 Å². The number of hydrogen-bond donors (Lipinski definition) is 2. The molecule has 3 aromatic heterocycles. The molecule has 1 saturated heterocycles. The summed E-state index contributed by atoms with van der Waals surface area (Å²) in [5.74, 6) is -0.575. The molecule has 1 aliphatic heterocycles. The van der Waals surface area contributed by atoms with Gasteiger partial charge in [-0.25, -0.2) is 18.4 Å². The second-order valence-corrected chi connectivity index (χ2v) is 8.49. The molecule has 0 radical (unpaired) electrons. The molecule has 5 rings (SSSR count). The van der Waals surface area contributed by atoms with E-state index < -0.39 is 11.6 Å². The van der Waals surface area contributed by atoms with Crippen LogP contribution in [-0.2, 0) is 0 Å². The first-order valence-corrected chi connectivity index (χ1v) is 10.6. The maximum Gasteiger partial charge on any atom is 0.173 e. The van der Waals surface area contributed by atoms with Gasteiger partial charge in [0.05, 0.1) is 22.3 Å². The topological polar surface area (TPSA) is 62.4 Å². The number of anilines is 3. The first kappa shape index (κ1) is 20.4. The highest BCUT2D eigenvalue weighted by atomic mass is 19.1. The Balaban J connectivity index is 1.57. The van der Waals surface area contributed by atoms with Crippen molar-refractivity contribution in [2.75, 3.05) is 23.3 Å². The summed E-state index contributed by atoms with van der Waals surface area (Å²) in [6.07, 6.45) is 4.96. The van der Waals surface area contributed by atoms with Gasteiger partial charge in [-0.15, -0.1) is 5.10 Å². The highest BCUT2D eigenvalue weighted by Crippen LogP contribution is 2.33. The molecule has 166 valence electrons. The van der Waals surface area contributed by atoms with E-state index >= 15 is 4.39 Å². The zero-order valence-corrected chi connectivity index (χ0v) is 18.2. The van der Waals surface area contributed by atoms with Crippen LogP contribution in [0.2, 0.25) is 0 Å². The molecule has 4 heterocycles. The van der Waals surface area contributed by atoms with Gasteiger partial charge >= 0.3 is 0 Å². The number of pyridine rings is 1. The molecule has 2 N–H and O–H groups in total. The standard InChI is InChI=1S/C23H25F2N7/c1-5-32-20-8-17(30-9-13(2)26-14(3)10-30)7-18(24)21(20)22(29-32)28-16-6-19(25)23-27-15(4)11-31(23)12-16/h5-8,11-14,26H,1,9-10H2,2-4H3,(H,28,29)/t13-,14-/m0/s1. The van der Waals surface area contributed by atoms with E-state index in [0.717, 1.165) is 18.8 Å². The average molecular weight is 437 g/mol. The van der Waals surface area contributed by atoms with Gasteiger partial charge in [0.1, 0.15) is 5.82 Å². The van der Waals surface area contributed by atoms with Gasteiger partial charge < -0.3 is 19.9 Å². The van der Waals surface area contributed by atoms with E-state index in [1.807, 2.05) is 6.07 Å². The van der Waals surface area contributed by atoms with Gasteiger partial charge in [0.15, 0.2) is 17.3 Å². The molecule has 9 heteroatoms. The molecule has 0 amide bonds. The number of rotatable bonds is 4. The second kappa shape index (κ2) is 7.59. The number of aromatic nitrogens is 4. The number of nitrogens with zero attached hydrogens (tertiary/aromatic N) is 5. The van der Waals surface area contributed by atoms with Gasteiger partial charge in [-0.1, -0.05) is 6.58 Å². The summed E-state index contributed by atoms with van der Waals surface area (Å²) in [5.41, 5.74) is 2.78. The monoisotopic (exact) mass is 437 g/mol. The van der Waals surface area contributed by atoms with Gasteiger partial charge in [-0.3, -0.25) is 0 Å². The van der Waals surface area contributed by atoms with Crippen molar-refractivity contribution in [2.45, 2.75) is 32.9 Å². The van der Waals surface area contributed by atoms with E-state index in [1.54, 1.807) is 23.7 Å². The summed E-state index contributed by atoms with van der Waals surface area (Å²) in [4.78, 5) is 6.34. The van der Waals surface area contributed by atoms with Crippen LogP contribution >= 0.6 is 0 Å². The number of fused-ring (bicyclic) bond motifs is 2. The molecule has 0 aliphatic carbocycles. The molecule has 1 aliphatic rings. The van der Waals surface area contributed by atoms with E-state index in [2.05, 4.69) is 46.0 Å². The van der Waals surface area contributed by atoms with Crippen LogP contribution in [0.25, 0.3) is 22.8 Å². The van der Waals surface area contributed by atoms with Crippen molar-refractivity contribution < 1.29 is 8.78 Å². The molecule has 4 aromatic rings. The fourth-order valence-corrected chi connectivity index (χ4v) is 4.54. The molecule has 1 aromatic carbocycles. The molecule has 0 bridgehead atoms. The first-order chi connectivity index (χ1) is 15.3. The Morgan fingerprint density at radius 2 is 1.88 bits per heavy atom. The van der Waals surface area contributed by atoms with Crippen molar-refractivity contribution in [2.24, 2.45) is 0 Å². The van der Waals surface area contributed by atoms with Crippen molar-refractivity contribution in [1.29, 1.82) is 0 Å². The third-order valence-electron chi connectivity index (χ3n) is 5.73. The Hall–Kier alpha value is -3.46. The van der Waals surface area contributed by atoms with Crippen LogP contribution in [0.4, 0.5) is 26.0 Å². The van der Waals surface area contributed by atoms with Crippen molar-refractivity contribution >= 4 is 39.9 Å². The van der Waals surface area contributed by atoms with Crippen molar-refractivity contribution in [3.8, 4) is 0 Å². The third-order valence-corrected chi connectivity index (χ3v) is 5.73. The maximum absolute atomic E-state index is 15.4. The Labute approximate surface area is 184 Å². The van der Waals surface area contributed by atoms with Gasteiger partial charge in [0.25, 0.3) is 0 Å². The lowest BCUT2D eigenvalue weighted by atomic mass is 10.1. The zero-order chi connectivity index (χ0) is 22.6. The summed E-state index contributed by atoms with van der Waals surface area (Å²) >= 11 is 0. The van der Waals surface area contributed by atoms with E-state index in [0.29, 0.717) is 40.2 Å². The summed E-state index contributed by atoms with van der Waals surface area (Å²) in [6.45, 7) is 11.4. The van der Waals surface area contributed by atoms with Crippen molar-refractivity contribution in [1.82, 2.24) is 24.5 Å². The molecule has 32 heavy (non-hydrogen) atoms. The predicted molar refractivity (Wildman–Crippen MR) is 124 cm³/mol. The Kier molecular flexibility index (Phi) is 4.85. The van der Waals surface area contributed by atoms with Crippen LogP contribution in [0.1, 0.15) is 19.5 Å². The molecular formula is C23H25F2N7. The molecule has 2 atom stereocenters. The van der Waals surface area contributed by atoms with Gasteiger partial charge in [-0.05, 0) is 32.9 Å². The van der Waals surface area contributed by atoms with E-state index in [4.69, 9.17) is 0 Å². The average Bonchev–Trinajstić information content (AvgIpc) is 3.27. The number of imidazole rings is 1. The number of piperazine rings is 1. The fourth-order valence-electron chi connectivity index (χ4n) is 4.54. The third kappa shape index (κ3) is 3.48. The van der Waals surface area contributed by atoms with Crippen LogP contribution in [0.15, 0.2) is 37.2 Å². The Morgan fingerprint density at radius 3 is 2.59 bits per heavy atom. The van der Waals surface area contributed by atoms with Crippen LogP contribution in [0.3, 0.4) is 0 Å². The number of aryl methyl sites for hydroxylation is 1. The molecule has 0 spiro atoms. The normalized spacial score (nSPS) is 19.1. The van der Waals surface area contributed by atoms with Crippen LogP contribution in [-0.4, -0.2) is 44.3 Å². The van der Waals surface area contributed by atoms with Crippen LogP contribution in [0.5, 0.6) is 0 Å². The lowest BCUT2D eigenvalue weighted by Crippen LogP contribution is -2.54. The molecule has 7 nitrogen and oxygen atoms in total. The lowest BCUT2D eigenvalue weighted by Gasteiger charge is -2.37. The van der Waals surface area contributed by atoms with Crippen LogP contribution in [0, 0.1) is 18.6 Å². The van der Waals surface area contributed by atoms with Gasteiger partial charge in [-0.2, -0.15) is 0 Å². The molecule has 0 unspecified atom stereocenters. The minimum atomic E-state index is -0.472. The summed E-state index contributed by atoms with van der Waals surface area (Å²) in [5, 5.41) is 11.3. The lowest BCUT2D eigenvalue weighted by molar-refractivity contribution is 0.407. The highest BCUT2D eigenvalue weighted by molar-refractivity contribution is 5.95. The smallest absolute Gasteiger partial charge is 0.173 e. The Bertz CT molecular complexity index is 1330. The Morgan fingerprint density at radius 1 is 1.12 bits per heavy atom. The predicted octanol–water partition coefficient (Wildman–Crippen LogP) is 4.30. The molecule has 1 fully saturated rings. The van der Waals surface area contributed by atoms with Crippen LogP contribution < -0.4 is 15.5 Å². The van der Waals surface area contributed by atoms with E-state index in [-0.39, 0.29) is 5.65 Å². The molecule has 0 saturated carbocycles. The summed E-state index contributed by atoms with van der Waals surface area (Å²) < 4.78 is 33.0. The number of halogens is 2. The fraction of sp³-hybridized carbons (Fsp3) is 0.304. The minimum absolute atomic E-state index is 0.241. The maximum atomic E-state index is 15.4. The summed E-state index contributed by atoms with van der Waals surface area (Å²) in [6, 6.07) is 5.39. The second-order valence-electron chi connectivity index (χ2n) is 8.49. The largest absolute Gasteiger partial charge is 0.368 e. The molecular weight excluding hydrogens is 412 g/mol. The number of nitrogens with one attached hydrogen (secondary N) is 2. The number of hydrogen-bond acceptors (Lipinski definition) is 5. The summed E-state index contributed by atoms with van der Waals surface area (Å²) in [7, 11) is 0. The first-order valence-electron chi connectivity index (χ1n) is 10.6. The highest BCUT2D eigenvalue weighted by Gasteiger charge is 2.24.